The molecule has 5 heteroatoms. The van der Waals surface area contributed by atoms with E-state index in [2.05, 4.69) is 4.98 Å². The number of hydrogen-bond donors (Lipinski definition) is 1. The predicted molar refractivity (Wildman–Crippen MR) is 82.4 cm³/mol. The molecule has 1 heterocycles. The maximum absolute atomic E-state index is 10.00. The SMILES string of the molecule is COc1ccc(Cc2nc3c(s2)CCCC3O)cc1OC. The summed E-state index contributed by atoms with van der Waals surface area (Å²) in [4.78, 5) is 5.86. The van der Waals surface area contributed by atoms with Crippen molar-refractivity contribution in [3.05, 3.63) is 39.3 Å². The second kappa shape index (κ2) is 6.03. The van der Waals surface area contributed by atoms with Gasteiger partial charge in [-0.1, -0.05) is 6.07 Å². The second-order valence-electron chi connectivity index (χ2n) is 5.19. The summed E-state index contributed by atoms with van der Waals surface area (Å²) in [6.07, 6.45) is 3.28. The van der Waals surface area contributed by atoms with Crippen molar-refractivity contribution in [2.24, 2.45) is 0 Å². The zero-order valence-electron chi connectivity index (χ0n) is 12.3. The first-order chi connectivity index (χ1) is 10.2. The van der Waals surface area contributed by atoms with E-state index >= 15 is 0 Å². The number of aliphatic hydroxyl groups excluding tert-OH is 1. The minimum atomic E-state index is -0.385. The predicted octanol–water partition coefficient (Wildman–Crippen LogP) is 3.12. The molecule has 21 heavy (non-hydrogen) atoms. The van der Waals surface area contributed by atoms with Crippen LogP contribution in [0.4, 0.5) is 0 Å². The number of thiazole rings is 1. The Labute approximate surface area is 128 Å². The fraction of sp³-hybridized carbons (Fsp3) is 0.438. The topological polar surface area (TPSA) is 51.6 Å². The molecule has 1 aliphatic rings. The minimum absolute atomic E-state index is 0.385. The number of benzene rings is 1. The molecule has 1 atom stereocenters. The van der Waals surface area contributed by atoms with Crippen LogP contribution in [0.25, 0.3) is 0 Å². The van der Waals surface area contributed by atoms with Gasteiger partial charge in [0, 0.05) is 11.3 Å². The summed E-state index contributed by atoms with van der Waals surface area (Å²) < 4.78 is 10.6. The fourth-order valence-corrected chi connectivity index (χ4v) is 3.89. The van der Waals surface area contributed by atoms with Crippen molar-refractivity contribution in [1.29, 1.82) is 0 Å². The Kier molecular flexibility index (Phi) is 4.12. The maximum Gasteiger partial charge on any atom is 0.160 e. The summed E-state index contributed by atoms with van der Waals surface area (Å²) in [5.74, 6) is 1.46. The molecular formula is C16H19NO3S. The van der Waals surface area contributed by atoms with Crippen molar-refractivity contribution >= 4 is 11.3 Å². The average molecular weight is 305 g/mol. The Morgan fingerprint density at radius 3 is 2.81 bits per heavy atom. The van der Waals surface area contributed by atoms with E-state index in [0.29, 0.717) is 0 Å². The number of nitrogens with zero attached hydrogens (tertiary/aromatic N) is 1. The number of ether oxygens (including phenoxy) is 2. The van der Waals surface area contributed by atoms with Crippen LogP contribution in [0.15, 0.2) is 18.2 Å². The Hall–Kier alpha value is -1.59. The molecule has 0 radical (unpaired) electrons. The molecule has 1 aromatic carbocycles. The smallest absolute Gasteiger partial charge is 0.160 e. The number of aryl methyl sites for hydroxylation is 1. The normalized spacial score (nSPS) is 17.4. The number of fused-ring (bicyclic) bond motifs is 1. The number of rotatable bonds is 4. The highest BCUT2D eigenvalue weighted by molar-refractivity contribution is 7.11. The van der Waals surface area contributed by atoms with Gasteiger partial charge in [-0.25, -0.2) is 4.98 Å². The van der Waals surface area contributed by atoms with Crippen molar-refractivity contribution < 1.29 is 14.6 Å². The first-order valence-corrected chi connectivity index (χ1v) is 7.90. The van der Waals surface area contributed by atoms with Crippen LogP contribution in [-0.4, -0.2) is 24.3 Å². The third kappa shape index (κ3) is 2.89. The molecule has 0 spiro atoms. The van der Waals surface area contributed by atoms with Gasteiger partial charge in [0.05, 0.1) is 31.0 Å². The molecule has 4 nitrogen and oxygen atoms in total. The van der Waals surface area contributed by atoms with Crippen LogP contribution in [0.5, 0.6) is 11.5 Å². The van der Waals surface area contributed by atoms with E-state index in [-0.39, 0.29) is 6.10 Å². The molecule has 1 aliphatic carbocycles. The minimum Gasteiger partial charge on any atom is -0.493 e. The van der Waals surface area contributed by atoms with Crippen molar-refractivity contribution in [1.82, 2.24) is 4.98 Å². The van der Waals surface area contributed by atoms with Gasteiger partial charge < -0.3 is 14.6 Å². The first-order valence-electron chi connectivity index (χ1n) is 7.08. The Morgan fingerprint density at radius 2 is 2.10 bits per heavy atom. The number of aliphatic hydroxyl groups is 1. The van der Waals surface area contributed by atoms with Crippen LogP contribution in [0.2, 0.25) is 0 Å². The largest absolute Gasteiger partial charge is 0.493 e. The molecule has 0 fully saturated rings. The van der Waals surface area contributed by atoms with Crippen molar-refractivity contribution in [2.45, 2.75) is 31.8 Å². The van der Waals surface area contributed by atoms with Crippen LogP contribution in [-0.2, 0) is 12.8 Å². The van der Waals surface area contributed by atoms with Gasteiger partial charge in [-0.3, -0.25) is 0 Å². The van der Waals surface area contributed by atoms with E-state index < -0.39 is 0 Å². The Balaban J connectivity index is 1.84. The van der Waals surface area contributed by atoms with E-state index in [0.717, 1.165) is 53.4 Å². The monoisotopic (exact) mass is 305 g/mol. The molecule has 112 valence electrons. The Bertz CT molecular complexity index is 638. The summed E-state index contributed by atoms with van der Waals surface area (Å²) in [5, 5.41) is 11.0. The maximum atomic E-state index is 10.00. The summed E-state index contributed by atoms with van der Waals surface area (Å²) in [6.45, 7) is 0. The lowest BCUT2D eigenvalue weighted by atomic mass is 10.0. The van der Waals surface area contributed by atoms with Crippen LogP contribution < -0.4 is 9.47 Å². The van der Waals surface area contributed by atoms with Gasteiger partial charge >= 0.3 is 0 Å². The van der Waals surface area contributed by atoms with Gasteiger partial charge in [0.15, 0.2) is 11.5 Å². The molecular weight excluding hydrogens is 286 g/mol. The lowest BCUT2D eigenvalue weighted by Crippen LogP contribution is -2.07. The standard InChI is InChI=1S/C16H19NO3S/c1-19-12-7-6-10(8-13(12)20-2)9-15-17-16-11(18)4-3-5-14(16)21-15/h6-8,11,18H,3-5,9H2,1-2H3. The van der Waals surface area contributed by atoms with Gasteiger partial charge in [0.2, 0.25) is 0 Å². The zero-order chi connectivity index (χ0) is 14.8. The van der Waals surface area contributed by atoms with Gasteiger partial charge in [-0.15, -0.1) is 11.3 Å². The number of methoxy groups -OCH3 is 2. The van der Waals surface area contributed by atoms with E-state index in [1.54, 1.807) is 25.6 Å². The second-order valence-corrected chi connectivity index (χ2v) is 6.36. The summed E-state index contributed by atoms with van der Waals surface area (Å²) >= 11 is 1.71. The summed E-state index contributed by atoms with van der Waals surface area (Å²) in [6, 6.07) is 5.92. The lowest BCUT2D eigenvalue weighted by Gasteiger charge is -2.14. The highest BCUT2D eigenvalue weighted by Gasteiger charge is 2.22. The molecule has 1 unspecified atom stereocenters. The molecule has 0 saturated heterocycles. The van der Waals surface area contributed by atoms with Gasteiger partial charge in [0.1, 0.15) is 0 Å². The van der Waals surface area contributed by atoms with Crippen LogP contribution in [0.3, 0.4) is 0 Å². The van der Waals surface area contributed by atoms with Gasteiger partial charge in [0.25, 0.3) is 0 Å². The zero-order valence-corrected chi connectivity index (χ0v) is 13.1. The van der Waals surface area contributed by atoms with Crippen LogP contribution in [0.1, 0.15) is 40.1 Å². The molecule has 1 N–H and O–H groups in total. The third-order valence-corrected chi connectivity index (χ3v) is 4.90. The highest BCUT2D eigenvalue weighted by Crippen LogP contribution is 2.34. The van der Waals surface area contributed by atoms with E-state index in [1.165, 1.54) is 4.88 Å². The molecule has 0 aliphatic heterocycles. The summed E-state index contributed by atoms with van der Waals surface area (Å²) in [5.41, 5.74) is 2.02. The number of hydrogen-bond acceptors (Lipinski definition) is 5. The molecule has 3 rings (SSSR count). The highest BCUT2D eigenvalue weighted by atomic mass is 32.1. The molecule has 0 amide bonds. The first kappa shape index (κ1) is 14.4. The van der Waals surface area contributed by atoms with Crippen molar-refractivity contribution in [3.8, 4) is 11.5 Å². The van der Waals surface area contributed by atoms with E-state index in [9.17, 15) is 5.11 Å². The average Bonchev–Trinajstić information content (AvgIpc) is 2.91. The molecule has 1 aromatic heterocycles. The lowest BCUT2D eigenvalue weighted by molar-refractivity contribution is 0.153. The Morgan fingerprint density at radius 1 is 1.29 bits per heavy atom. The molecule has 2 aromatic rings. The van der Waals surface area contributed by atoms with E-state index in [1.807, 2.05) is 18.2 Å². The third-order valence-electron chi connectivity index (χ3n) is 3.77. The molecule has 0 bridgehead atoms. The van der Waals surface area contributed by atoms with Crippen LogP contribution >= 0.6 is 11.3 Å². The fourth-order valence-electron chi connectivity index (χ4n) is 2.69. The summed E-state index contributed by atoms with van der Waals surface area (Å²) in [7, 11) is 3.27. The van der Waals surface area contributed by atoms with Gasteiger partial charge in [-0.05, 0) is 37.0 Å². The van der Waals surface area contributed by atoms with Gasteiger partial charge in [-0.2, -0.15) is 0 Å². The molecule has 0 saturated carbocycles. The van der Waals surface area contributed by atoms with Crippen LogP contribution in [0, 0.1) is 0 Å². The quantitative estimate of drug-likeness (QED) is 0.943. The number of aromatic nitrogens is 1. The van der Waals surface area contributed by atoms with Crippen molar-refractivity contribution in [3.63, 3.8) is 0 Å². The van der Waals surface area contributed by atoms with Crippen molar-refractivity contribution in [2.75, 3.05) is 14.2 Å². The van der Waals surface area contributed by atoms with E-state index in [4.69, 9.17) is 9.47 Å².